The Hall–Kier alpha value is -0.890. The zero-order chi connectivity index (χ0) is 14.4. The van der Waals surface area contributed by atoms with Crippen molar-refractivity contribution in [3.8, 4) is 0 Å². The van der Waals surface area contributed by atoms with E-state index in [9.17, 15) is 4.39 Å². The third-order valence-electron chi connectivity index (χ3n) is 4.76. The van der Waals surface area contributed by atoms with Crippen LogP contribution in [-0.2, 0) is 0 Å². The lowest BCUT2D eigenvalue weighted by Gasteiger charge is -2.37. The second kappa shape index (κ2) is 7.78. The van der Waals surface area contributed by atoms with E-state index in [1.807, 2.05) is 12.1 Å². The Morgan fingerprint density at radius 3 is 2.50 bits per heavy atom. The van der Waals surface area contributed by atoms with Crippen molar-refractivity contribution in [1.82, 2.24) is 5.32 Å². The highest BCUT2D eigenvalue weighted by molar-refractivity contribution is 5.21. The van der Waals surface area contributed by atoms with Gasteiger partial charge in [0.25, 0.3) is 0 Å². The van der Waals surface area contributed by atoms with Crippen molar-refractivity contribution >= 4 is 0 Å². The van der Waals surface area contributed by atoms with Gasteiger partial charge in [-0.15, -0.1) is 0 Å². The molecule has 20 heavy (non-hydrogen) atoms. The van der Waals surface area contributed by atoms with Crippen molar-refractivity contribution in [3.63, 3.8) is 0 Å². The SMILES string of the molecule is CCCNC(c1ccc(F)cc1)C1CCCCC1CC. The van der Waals surface area contributed by atoms with E-state index < -0.39 is 0 Å². The van der Waals surface area contributed by atoms with Crippen molar-refractivity contribution in [1.29, 1.82) is 0 Å². The highest BCUT2D eigenvalue weighted by Crippen LogP contribution is 2.40. The summed E-state index contributed by atoms with van der Waals surface area (Å²) in [5, 5.41) is 3.72. The minimum absolute atomic E-state index is 0.140. The van der Waals surface area contributed by atoms with Crippen LogP contribution in [0.25, 0.3) is 0 Å². The second-order valence-electron chi connectivity index (χ2n) is 6.10. The van der Waals surface area contributed by atoms with Gasteiger partial charge in [-0.2, -0.15) is 0 Å². The van der Waals surface area contributed by atoms with Crippen molar-refractivity contribution in [3.05, 3.63) is 35.6 Å². The first-order chi connectivity index (χ1) is 9.76. The maximum absolute atomic E-state index is 13.2. The normalized spacial score (nSPS) is 24.6. The molecule has 0 saturated heterocycles. The highest BCUT2D eigenvalue weighted by Gasteiger charge is 2.31. The van der Waals surface area contributed by atoms with E-state index in [-0.39, 0.29) is 5.82 Å². The van der Waals surface area contributed by atoms with Crippen molar-refractivity contribution < 1.29 is 4.39 Å². The molecule has 3 unspecified atom stereocenters. The molecule has 0 spiro atoms. The summed E-state index contributed by atoms with van der Waals surface area (Å²) in [5.41, 5.74) is 1.25. The van der Waals surface area contributed by atoms with Crippen LogP contribution in [0.15, 0.2) is 24.3 Å². The summed E-state index contributed by atoms with van der Waals surface area (Å²) >= 11 is 0. The van der Waals surface area contributed by atoms with E-state index in [1.165, 1.54) is 37.7 Å². The quantitative estimate of drug-likeness (QED) is 0.764. The standard InChI is InChI=1S/C18H28FN/c1-3-13-20-18(15-9-11-16(19)12-10-15)17-8-6-5-7-14(17)4-2/h9-12,14,17-18,20H,3-8,13H2,1-2H3. The molecule has 0 aromatic heterocycles. The van der Waals surface area contributed by atoms with Gasteiger partial charge in [0.15, 0.2) is 0 Å². The van der Waals surface area contributed by atoms with Crippen LogP contribution < -0.4 is 5.32 Å². The van der Waals surface area contributed by atoms with Crippen LogP contribution >= 0.6 is 0 Å². The highest BCUT2D eigenvalue weighted by atomic mass is 19.1. The molecule has 0 aliphatic heterocycles. The lowest BCUT2D eigenvalue weighted by Crippen LogP contribution is -2.34. The molecule has 0 heterocycles. The average molecular weight is 277 g/mol. The molecule has 1 aromatic carbocycles. The summed E-state index contributed by atoms with van der Waals surface area (Å²) in [7, 11) is 0. The summed E-state index contributed by atoms with van der Waals surface area (Å²) in [4.78, 5) is 0. The van der Waals surface area contributed by atoms with E-state index >= 15 is 0 Å². The molecular weight excluding hydrogens is 249 g/mol. The van der Waals surface area contributed by atoms with Crippen molar-refractivity contribution in [2.45, 2.75) is 58.4 Å². The third-order valence-corrected chi connectivity index (χ3v) is 4.76. The molecule has 1 aliphatic carbocycles. The van der Waals surface area contributed by atoms with Gasteiger partial charge < -0.3 is 5.32 Å². The largest absolute Gasteiger partial charge is 0.310 e. The van der Waals surface area contributed by atoms with E-state index in [2.05, 4.69) is 19.2 Å². The number of halogens is 1. The molecule has 1 aliphatic rings. The van der Waals surface area contributed by atoms with Gasteiger partial charge in [-0.05, 0) is 48.9 Å². The predicted molar refractivity (Wildman–Crippen MR) is 83.2 cm³/mol. The molecule has 0 radical (unpaired) electrons. The number of hydrogen-bond donors (Lipinski definition) is 1. The van der Waals surface area contributed by atoms with Gasteiger partial charge in [0.2, 0.25) is 0 Å². The van der Waals surface area contributed by atoms with Crippen molar-refractivity contribution in [2.24, 2.45) is 11.8 Å². The summed E-state index contributed by atoms with van der Waals surface area (Å²) in [6.45, 7) is 5.55. The van der Waals surface area contributed by atoms with Gasteiger partial charge in [0, 0.05) is 6.04 Å². The summed E-state index contributed by atoms with van der Waals surface area (Å²) in [6, 6.07) is 7.51. The minimum atomic E-state index is -0.140. The molecule has 2 heteroatoms. The maximum atomic E-state index is 13.2. The molecular formula is C18H28FN. The fourth-order valence-electron chi connectivity index (χ4n) is 3.67. The Bertz CT molecular complexity index is 387. The fraction of sp³-hybridized carbons (Fsp3) is 0.667. The Morgan fingerprint density at radius 1 is 1.15 bits per heavy atom. The van der Waals surface area contributed by atoms with Crippen LogP contribution in [0.5, 0.6) is 0 Å². The number of nitrogens with one attached hydrogen (secondary N) is 1. The minimum Gasteiger partial charge on any atom is -0.310 e. The number of rotatable bonds is 6. The molecule has 0 bridgehead atoms. The first kappa shape index (κ1) is 15.5. The first-order valence-electron chi connectivity index (χ1n) is 8.25. The van der Waals surface area contributed by atoms with Gasteiger partial charge >= 0.3 is 0 Å². The van der Waals surface area contributed by atoms with Crippen LogP contribution in [0.1, 0.15) is 64.0 Å². The molecule has 1 fully saturated rings. The molecule has 3 atom stereocenters. The van der Waals surface area contributed by atoms with Crippen LogP contribution in [0.2, 0.25) is 0 Å². The summed E-state index contributed by atoms with van der Waals surface area (Å²) in [6.07, 6.45) is 7.77. The summed E-state index contributed by atoms with van der Waals surface area (Å²) < 4.78 is 13.2. The number of hydrogen-bond acceptors (Lipinski definition) is 1. The van der Waals surface area contributed by atoms with E-state index in [0.29, 0.717) is 12.0 Å². The predicted octanol–water partition coefficient (Wildman–Crippen LogP) is 5.08. The van der Waals surface area contributed by atoms with Crippen LogP contribution in [-0.4, -0.2) is 6.54 Å². The molecule has 1 N–H and O–H groups in total. The monoisotopic (exact) mass is 277 g/mol. The number of benzene rings is 1. The smallest absolute Gasteiger partial charge is 0.123 e. The van der Waals surface area contributed by atoms with Crippen LogP contribution in [0.4, 0.5) is 4.39 Å². The Balaban J connectivity index is 2.18. The Morgan fingerprint density at radius 2 is 1.85 bits per heavy atom. The van der Waals surface area contributed by atoms with Gasteiger partial charge in [0.1, 0.15) is 5.82 Å². The molecule has 1 saturated carbocycles. The van der Waals surface area contributed by atoms with Gasteiger partial charge in [-0.3, -0.25) is 0 Å². The lowest BCUT2D eigenvalue weighted by molar-refractivity contribution is 0.175. The zero-order valence-corrected chi connectivity index (χ0v) is 12.9. The van der Waals surface area contributed by atoms with E-state index in [0.717, 1.165) is 18.9 Å². The molecule has 112 valence electrons. The first-order valence-corrected chi connectivity index (χ1v) is 8.25. The Kier molecular flexibility index (Phi) is 6.03. The van der Waals surface area contributed by atoms with Gasteiger partial charge in [-0.25, -0.2) is 4.39 Å². The maximum Gasteiger partial charge on any atom is 0.123 e. The second-order valence-corrected chi connectivity index (χ2v) is 6.10. The summed E-state index contributed by atoms with van der Waals surface area (Å²) in [5.74, 6) is 1.37. The van der Waals surface area contributed by atoms with E-state index in [4.69, 9.17) is 0 Å². The van der Waals surface area contributed by atoms with Gasteiger partial charge in [-0.1, -0.05) is 51.7 Å². The molecule has 2 rings (SSSR count). The zero-order valence-electron chi connectivity index (χ0n) is 12.9. The van der Waals surface area contributed by atoms with Crippen LogP contribution in [0, 0.1) is 17.7 Å². The topological polar surface area (TPSA) is 12.0 Å². The van der Waals surface area contributed by atoms with Crippen molar-refractivity contribution in [2.75, 3.05) is 6.54 Å². The molecule has 1 aromatic rings. The van der Waals surface area contributed by atoms with E-state index in [1.54, 1.807) is 12.1 Å². The lowest BCUT2D eigenvalue weighted by atomic mass is 9.72. The fourth-order valence-corrected chi connectivity index (χ4v) is 3.67. The molecule has 1 nitrogen and oxygen atoms in total. The van der Waals surface area contributed by atoms with Gasteiger partial charge in [0.05, 0.1) is 0 Å². The molecule has 0 amide bonds. The third kappa shape index (κ3) is 3.82. The average Bonchev–Trinajstić information content (AvgIpc) is 2.50. The van der Waals surface area contributed by atoms with Crippen LogP contribution in [0.3, 0.4) is 0 Å². The Labute approximate surface area is 123 Å².